The lowest BCUT2D eigenvalue weighted by Crippen LogP contribution is -2.42. The topological polar surface area (TPSA) is 67.2 Å². The molecule has 0 bridgehead atoms. The zero-order valence-electron chi connectivity index (χ0n) is 20.4. The van der Waals surface area contributed by atoms with Crippen molar-refractivity contribution in [2.45, 2.75) is 58.9 Å². The fourth-order valence-electron chi connectivity index (χ4n) is 3.78. The third kappa shape index (κ3) is 7.33. The Morgan fingerprint density at radius 3 is 2.40 bits per heavy atom. The fourth-order valence-corrected chi connectivity index (χ4v) is 4.07. The maximum absolute atomic E-state index is 13.1. The number of hydrogen-bond acceptors (Lipinski definition) is 3. The molecule has 0 aliphatic rings. The lowest BCUT2D eigenvalue weighted by Gasteiger charge is -2.26. The SMILES string of the molecule is CCCCCCC(=O)N(CC(=O)Nc1cc(-c2ccccc2)nn1-c1ccc(Cl)c(Cl)c1)C(C)C. The summed E-state index contributed by atoms with van der Waals surface area (Å²) in [6.45, 7) is 5.95. The van der Waals surface area contributed by atoms with E-state index in [4.69, 9.17) is 28.3 Å². The van der Waals surface area contributed by atoms with Crippen molar-refractivity contribution in [1.82, 2.24) is 14.7 Å². The van der Waals surface area contributed by atoms with Crippen LogP contribution in [0, 0.1) is 0 Å². The van der Waals surface area contributed by atoms with Crippen molar-refractivity contribution >= 4 is 40.8 Å². The van der Waals surface area contributed by atoms with E-state index in [9.17, 15) is 9.59 Å². The van der Waals surface area contributed by atoms with Crippen LogP contribution < -0.4 is 5.32 Å². The van der Waals surface area contributed by atoms with Crippen LogP contribution in [-0.2, 0) is 9.59 Å². The van der Waals surface area contributed by atoms with Gasteiger partial charge in [-0.3, -0.25) is 9.59 Å². The summed E-state index contributed by atoms with van der Waals surface area (Å²) in [5.74, 6) is 0.182. The molecular formula is C27H32Cl2N4O2. The normalized spacial score (nSPS) is 11.0. The van der Waals surface area contributed by atoms with Crippen LogP contribution >= 0.6 is 23.2 Å². The van der Waals surface area contributed by atoms with Crippen molar-refractivity contribution in [2.24, 2.45) is 0 Å². The lowest BCUT2D eigenvalue weighted by atomic mass is 10.1. The molecule has 6 nitrogen and oxygen atoms in total. The predicted octanol–water partition coefficient (Wildman–Crippen LogP) is 6.99. The van der Waals surface area contributed by atoms with Gasteiger partial charge in [0.05, 0.1) is 21.4 Å². The summed E-state index contributed by atoms with van der Waals surface area (Å²) in [7, 11) is 0. The molecule has 1 aromatic heterocycles. The minimum absolute atomic E-state index is 0.00535. The third-order valence-electron chi connectivity index (χ3n) is 5.70. The highest BCUT2D eigenvalue weighted by atomic mass is 35.5. The van der Waals surface area contributed by atoms with Gasteiger partial charge in [0, 0.05) is 24.1 Å². The quantitative estimate of drug-likeness (QED) is 0.280. The molecule has 35 heavy (non-hydrogen) atoms. The molecule has 2 amide bonds. The average Bonchev–Trinajstić information content (AvgIpc) is 3.26. The van der Waals surface area contributed by atoms with Crippen LogP contribution in [0.1, 0.15) is 52.9 Å². The van der Waals surface area contributed by atoms with Gasteiger partial charge >= 0.3 is 0 Å². The number of unbranched alkanes of at least 4 members (excludes halogenated alkanes) is 3. The number of amides is 2. The van der Waals surface area contributed by atoms with Crippen molar-refractivity contribution in [2.75, 3.05) is 11.9 Å². The van der Waals surface area contributed by atoms with Gasteiger partial charge in [0.2, 0.25) is 11.8 Å². The number of nitrogens with zero attached hydrogens (tertiary/aromatic N) is 3. The highest BCUT2D eigenvalue weighted by molar-refractivity contribution is 6.42. The third-order valence-corrected chi connectivity index (χ3v) is 6.44. The van der Waals surface area contributed by atoms with Crippen LogP contribution in [0.5, 0.6) is 0 Å². The van der Waals surface area contributed by atoms with Crippen LogP contribution in [0.4, 0.5) is 5.82 Å². The van der Waals surface area contributed by atoms with E-state index in [1.807, 2.05) is 50.2 Å². The van der Waals surface area contributed by atoms with E-state index in [-0.39, 0.29) is 24.4 Å². The second kappa shape index (κ2) is 12.8. The number of carbonyl (C=O) groups excluding carboxylic acids is 2. The maximum Gasteiger partial charge on any atom is 0.245 e. The van der Waals surface area contributed by atoms with Crippen LogP contribution in [0.3, 0.4) is 0 Å². The monoisotopic (exact) mass is 514 g/mol. The molecule has 1 heterocycles. The Morgan fingerprint density at radius 2 is 1.74 bits per heavy atom. The van der Waals surface area contributed by atoms with E-state index in [0.29, 0.717) is 33.7 Å². The van der Waals surface area contributed by atoms with Crippen LogP contribution in [-0.4, -0.2) is 39.1 Å². The van der Waals surface area contributed by atoms with Crippen LogP contribution in [0.25, 0.3) is 16.9 Å². The van der Waals surface area contributed by atoms with E-state index in [2.05, 4.69) is 12.2 Å². The number of rotatable bonds is 11. The molecule has 0 unspecified atom stereocenters. The highest BCUT2D eigenvalue weighted by Gasteiger charge is 2.21. The van der Waals surface area contributed by atoms with Gasteiger partial charge in [-0.2, -0.15) is 5.10 Å². The Hall–Kier alpha value is -2.83. The number of carbonyl (C=O) groups is 2. The van der Waals surface area contributed by atoms with Crippen molar-refractivity contribution in [1.29, 1.82) is 0 Å². The molecule has 1 N–H and O–H groups in total. The Kier molecular flexibility index (Phi) is 9.75. The smallest absolute Gasteiger partial charge is 0.245 e. The molecular weight excluding hydrogens is 483 g/mol. The Labute approximate surface area is 217 Å². The minimum Gasteiger partial charge on any atom is -0.331 e. The molecule has 0 radical (unpaired) electrons. The molecule has 186 valence electrons. The molecule has 3 aromatic rings. The second-order valence-corrected chi connectivity index (χ2v) is 9.58. The summed E-state index contributed by atoms with van der Waals surface area (Å²) in [5.41, 5.74) is 2.26. The van der Waals surface area contributed by atoms with Gasteiger partial charge in [-0.25, -0.2) is 4.68 Å². The number of benzene rings is 2. The number of aromatic nitrogens is 2. The van der Waals surface area contributed by atoms with Gasteiger partial charge in [-0.15, -0.1) is 0 Å². The first-order chi connectivity index (χ1) is 16.8. The fraction of sp³-hybridized carbons (Fsp3) is 0.370. The molecule has 0 aliphatic carbocycles. The van der Waals surface area contributed by atoms with Gasteiger partial charge < -0.3 is 10.2 Å². The van der Waals surface area contributed by atoms with Gasteiger partial charge in [-0.05, 0) is 38.5 Å². The number of nitrogens with one attached hydrogen (secondary N) is 1. The molecule has 0 saturated heterocycles. The molecule has 0 atom stereocenters. The number of hydrogen-bond donors (Lipinski definition) is 1. The molecule has 0 aliphatic heterocycles. The molecule has 8 heteroatoms. The standard InChI is InChI=1S/C27H32Cl2N4O2/c1-4-5-6-10-13-27(35)32(19(2)3)18-26(34)30-25-17-24(20-11-8-7-9-12-20)31-33(25)21-14-15-22(28)23(29)16-21/h7-9,11-12,14-17,19H,4-6,10,13,18H2,1-3H3,(H,30,34). The van der Waals surface area contributed by atoms with Crippen molar-refractivity contribution in [3.05, 3.63) is 64.6 Å². The van der Waals surface area contributed by atoms with Gasteiger partial charge in [-0.1, -0.05) is 79.7 Å². The minimum atomic E-state index is -0.290. The first kappa shape index (κ1) is 26.8. The van der Waals surface area contributed by atoms with Crippen molar-refractivity contribution in [3.8, 4) is 16.9 Å². The Bertz CT molecular complexity index is 1150. The van der Waals surface area contributed by atoms with Crippen LogP contribution in [0.15, 0.2) is 54.6 Å². The van der Waals surface area contributed by atoms with E-state index in [1.54, 1.807) is 27.8 Å². The summed E-state index contributed by atoms with van der Waals surface area (Å²) < 4.78 is 1.62. The lowest BCUT2D eigenvalue weighted by molar-refractivity contribution is -0.136. The second-order valence-electron chi connectivity index (χ2n) is 8.77. The Balaban J connectivity index is 1.83. The Morgan fingerprint density at radius 1 is 1.00 bits per heavy atom. The number of anilines is 1. The predicted molar refractivity (Wildman–Crippen MR) is 143 cm³/mol. The summed E-state index contributed by atoms with van der Waals surface area (Å²) >= 11 is 12.3. The average molecular weight is 515 g/mol. The number of halogens is 2. The zero-order valence-corrected chi connectivity index (χ0v) is 21.9. The maximum atomic E-state index is 13.1. The highest BCUT2D eigenvalue weighted by Crippen LogP contribution is 2.29. The van der Waals surface area contributed by atoms with E-state index in [0.717, 1.165) is 31.2 Å². The van der Waals surface area contributed by atoms with E-state index in [1.165, 1.54) is 0 Å². The zero-order chi connectivity index (χ0) is 25.4. The van der Waals surface area contributed by atoms with Gasteiger partial charge in [0.25, 0.3) is 0 Å². The summed E-state index contributed by atoms with van der Waals surface area (Å²) in [4.78, 5) is 27.5. The molecule has 0 spiro atoms. The summed E-state index contributed by atoms with van der Waals surface area (Å²) in [6, 6.07) is 16.6. The summed E-state index contributed by atoms with van der Waals surface area (Å²) in [5, 5.41) is 8.46. The largest absolute Gasteiger partial charge is 0.331 e. The molecule has 3 rings (SSSR count). The van der Waals surface area contributed by atoms with E-state index >= 15 is 0 Å². The summed E-state index contributed by atoms with van der Waals surface area (Å²) in [6.07, 6.45) is 4.53. The molecule has 2 aromatic carbocycles. The van der Waals surface area contributed by atoms with Crippen molar-refractivity contribution < 1.29 is 9.59 Å². The van der Waals surface area contributed by atoms with Crippen LogP contribution in [0.2, 0.25) is 10.0 Å². The van der Waals surface area contributed by atoms with E-state index < -0.39 is 0 Å². The first-order valence-electron chi connectivity index (χ1n) is 12.0. The first-order valence-corrected chi connectivity index (χ1v) is 12.8. The molecule has 0 fully saturated rings. The molecule has 0 saturated carbocycles. The van der Waals surface area contributed by atoms with Crippen molar-refractivity contribution in [3.63, 3.8) is 0 Å². The van der Waals surface area contributed by atoms with Gasteiger partial charge in [0.15, 0.2) is 0 Å². The van der Waals surface area contributed by atoms with Gasteiger partial charge in [0.1, 0.15) is 12.4 Å².